The third-order valence-corrected chi connectivity index (χ3v) is 6.12. The van der Waals surface area contributed by atoms with Crippen molar-refractivity contribution in [1.82, 2.24) is 20.7 Å². The monoisotopic (exact) mass is 446 g/mol. The summed E-state index contributed by atoms with van der Waals surface area (Å²) in [4.78, 5) is 27.2. The number of likely N-dealkylation sites (tertiary alicyclic amines) is 1. The van der Waals surface area contributed by atoms with E-state index in [4.69, 9.17) is 4.52 Å². The lowest BCUT2D eigenvalue weighted by molar-refractivity contribution is -0.120. The first kappa shape index (κ1) is 22.7. The van der Waals surface area contributed by atoms with Crippen LogP contribution >= 0.6 is 0 Å². The number of benzene rings is 2. The van der Waals surface area contributed by atoms with Crippen LogP contribution in [0.15, 0.2) is 65.2 Å². The fraction of sp³-hybridized carbons (Fsp3) is 0.346. The Morgan fingerprint density at radius 1 is 1.03 bits per heavy atom. The van der Waals surface area contributed by atoms with Crippen LogP contribution in [0.3, 0.4) is 0 Å². The Morgan fingerprint density at radius 2 is 1.79 bits per heavy atom. The Kier molecular flexibility index (Phi) is 7.52. The number of nitrogens with one attached hydrogen (secondary N) is 2. The van der Waals surface area contributed by atoms with Gasteiger partial charge < -0.3 is 15.2 Å². The van der Waals surface area contributed by atoms with Gasteiger partial charge in [-0.2, -0.15) is 0 Å². The zero-order valence-corrected chi connectivity index (χ0v) is 18.9. The lowest BCUT2D eigenvalue weighted by atomic mass is 10.0. The van der Waals surface area contributed by atoms with E-state index < -0.39 is 5.91 Å². The molecule has 1 aromatic heterocycles. The van der Waals surface area contributed by atoms with Crippen LogP contribution in [0.25, 0.3) is 11.3 Å². The molecule has 2 amide bonds. The van der Waals surface area contributed by atoms with E-state index in [1.54, 1.807) is 6.07 Å². The number of carbonyl (C=O) groups is 2. The zero-order chi connectivity index (χ0) is 23.0. The van der Waals surface area contributed by atoms with Gasteiger partial charge in [-0.1, -0.05) is 66.2 Å². The van der Waals surface area contributed by atoms with Gasteiger partial charge in [0.15, 0.2) is 11.5 Å². The molecule has 1 aliphatic heterocycles. The summed E-state index contributed by atoms with van der Waals surface area (Å²) in [6.45, 7) is 4.58. The van der Waals surface area contributed by atoms with Crippen LogP contribution in [-0.2, 0) is 17.9 Å². The number of piperidine rings is 1. The van der Waals surface area contributed by atoms with Gasteiger partial charge in [-0.3, -0.25) is 14.5 Å². The fourth-order valence-corrected chi connectivity index (χ4v) is 4.12. The van der Waals surface area contributed by atoms with Crippen molar-refractivity contribution in [2.75, 3.05) is 13.1 Å². The largest absolute Gasteiger partial charge is 0.355 e. The van der Waals surface area contributed by atoms with Crippen molar-refractivity contribution in [2.24, 2.45) is 0 Å². The minimum atomic E-state index is -0.449. The lowest BCUT2D eigenvalue weighted by Crippen LogP contribution is -2.38. The van der Waals surface area contributed by atoms with Gasteiger partial charge in [0, 0.05) is 30.8 Å². The summed E-state index contributed by atoms with van der Waals surface area (Å²) in [5.74, 6) is -0.198. The minimum Gasteiger partial charge on any atom is -0.355 e. The molecule has 2 heterocycles. The van der Waals surface area contributed by atoms with E-state index in [1.807, 2.05) is 48.5 Å². The van der Waals surface area contributed by atoms with Crippen molar-refractivity contribution >= 4 is 11.8 Å². The SMILES string of the molecule is CC1CCCCN1Cc1ccccc1CNC(=O)CNC(=O)c1cc(-c2ccccc2)on1. The predicted octanol–water partition coefficient (Wildman–Crippen LogP) is 3.76. The maximum Gasteiger partial charge on any atom is 0.273 e. The third-order valence-electron chi connectivity index (χ3n) is 6.12. The highest BCUT2D eigenvalue weighted by atomic mass is 16.5. The second-order valence-corrected chi connectivity index (χ2v) is 8.49. The summed E-state index contributed by atoms with van der Waals surface area (Å²) in [6.07, 6.45) is 3.77. The van der Waals surface area contributed by atoms with Crippen LogP contribution in [0, 0.1) is 0 Å². The summed E-state index contributed by atoms with van der Waals surface area (Å²) >= 11 is 0. The molecular weight excluding hydrogens is 416 g/mol. The molecule has 0 spiro atoms. The molecule has 0 radical (unpaired) electrons. The highest BCUT2D eigenvalue weighted by Gasteiger charge is 2.19. The normalized spacial score (nSPS) is 16.3. The Balaban J connectivity index is 1.27. The number of amides is 2. The Morgan fingerprint density at radius 3 is 2.58 bits per heavy atom. The summed E-state index contributed by atoms with van der Waals surface area (Å²) in [7, 11) is 0. The molecule has 1 fully saturated rings. The molecule has 1 aliphatic rings. The van der Waals surface area contributed by atoms with Crippen molar-refractivity contribution in [3.63, 3.8) is 0 Å². The topological polar surface area (TPSA) is 87.5 Å². The first-order chi connectivity index (χ1) is 16.1. The average molecular weight is 447 g/mol. The van der Waals surface area contributed by atoms with Gasteiger partial charge in [0.05, 0.1) is 6.54 Å². The first-order valence-electron chi connectivity index (χ1n) is 11.5. The molecule has 2 N–H and O–H groups in total. The second kappa shape index (κ2) is 10.9. The molecule has 0 aliphatic carbocycles. The maximum absolute atomic E-state index is 12.4. The molecular formula is C26H30N4O3. The molecule has 2 aromatic carbocycles. The first-order valence-corrected chi connectivity index (χ1v) is 11.5. The van der Waals surface area contributed by atoms with Gasteiger partial charge in [0.1, 0.15) is 0 Å². The van der Waals surface area contributed by atoms with E-state index in [2.05, 4.69) is 33.7 Å². The Hall–Kier alpha value is -3.45. The van der Waals surface area contributed by atoms with Crippen molar-refractivity contribution < 1.29 is 14.1 Å². The van der Waals surface area contributed by atoms with Crippen molar-refractivity contribution in [2.45, 2.75) is 45.3 Å². The van der Waals surface area contributed by atoms with E-state index in [0.717, 1.165) is 24.2 Å². The average Bonchev–Trinajstić information content (AvgIpc) is 3.34. The highest BCUT2D eigenvalue weighted by molar-refractivity contribution is 5.95. The second-order valence-electron chi connectivity index (χ2n) is 8.49. The Bertz CT molecular complexity index is 1080. The zero-order valence-electron chi connectivity index (χ0n) is 18.9. The maximum atomic E-state index is 12.4. The molecule has 3 aromatic rings. The van der Waals surface area contributed by atoms with Crippen LogP contribution in [0.2, 0.25) is 0 Å². The van der Waals surface area contributed by atoms with Crippen LogP contribution < -0.4 is 10.6 Å². The van der Waals surface area contributed by atoms with Gasteiger partial charge in [-0.25, -0.2) is 0 Å². The molecule has 0 saturated carbocycles. The predicted molar refractivity (Wildman–Crippen MR) is 126 cm³/mol. The van der Waals surface area contributed by atoms with E-state index in [9.17, 15) is 9.59 Å². The van der Waals surface area contributed by atoms with E-state index in [-0.39, 0.29) is 18.1 Å². The van der Waals surface area contributed by atoms with Gasteiger partial charge in [-0.15, -0.1) is 0 Å². The summed E-state index contributed by atoms with van der Waals surface area (Å²) < 4.78 is 5.25. The molecule has 172 valence electrons. The quantitative estimate of drug-likeness (QED) is 0.550. The molecule has 1 atom stereocenters. The molecule has 33 heavy (non-hydrogen) atoms. The summed E-state index contributed by atoms with van der Waals surface area (Å²) in [5.41, 5.74) is 3.30. The van der Waals surface area contributed by atoms with Crippen molar-refractivity contribution in [3.8, 4) is 11.3 Å². The number of aromatic nitrogens is 1. The van der Waals surface area contributed by atoms with Crippen molar-refractivity contribution in [1.29, 1.82) is 0 Å². The van der Waals surface area contributed by atoms with Crippen LogP contribution in [0.1, 0.15) is 47.8 Å². The van der Waals surface area contributed by atoms with Gasteiger partial charge >= 0.3 is 0 Å². The molecule has 1 saturated heterocycles. The fourth-order valence-electron chi connectivity index (χ4n) is 4.12. The van der Waals surface area contributed by atoms with E-state index in [0.29, 0.717) is 18.3 Å². The van der Waals surface area contributed by atoms with Crippen LogP contribution in [0.5, 0.6) is 0 Å². The van der Waals surface area contributed by atoms with Gasteiger partial charge in [-0.05, 0) is 37.4 Å². The van der Waals surface area contributed by atoms with Crippen molar-refractivity contribution in [3.05, 3.63) is 77.5 Å². The number of hydrogen-bond acceptors (Lipinski definition) is 5. The van der Waals surface area contributed by atoms with E-state index in [1.165, 1.54) is 24.8 Å². The third kappa shape index (κ3) is 6.08. The molecule has 0 bridgehead atoms. The van der Waals surface area contributed by atoms with Crippen LogP contribution in [0.4, 0.5) is 0 Å². The number of hydrogen-bond donors (Lipinski definition) is 2. The summed E-state index contributed by atoms with van der Waals surface area (Å²) in [6, 6.07) is 19.8. The summed E-state index contributed by atoms with van der Waals surface area (Å²) in [5, 5.41) is 9.33. The standard InChI is InChI=1S/C26H30N4O3/c1-19-9-7-8-14-30(19)18-22-13-6-5-12-21(22)16-27-25(31)17-28-26(32)23-15-24(33-29-23)20-10-3-2-4-11-20/h2-6,10-13,15,19H,7-9,14,16-18H2,1H3,(H,27,31)(H,28,32). The molecule has 1 unspecified atom stereocenters. The van der Waals surface area contributed by atoms with Gasteiger partial charge in [0.2, 0.25) is 5.91 Å². The highest BCUT2D eigenvalue weighted by Crippen LogP contribution is 2.21. The number of nitrogens with zero attached hydrogens (tertiary/aromatic N) is 2. The smallest absolute Gasteiger partial charge is 0.273 e. The molecule has 7 heteroatoms. The molecule has 7 nitrogen and oxygen atoms in total. The van der Waals surface area contributed by atoms with Gasteiger partial charge in [0.25, 0.3) is 5.91 Å². The number of rotatable bonds is 8. The lowest BCUT2D eigenvalue weighted by Gasteiger charge is -2.33. The molecule has 4 rings (SSSR count). The Labute approximate surface area is 194 Å². The minimum absolute atomic E-state index is 0.127. The van der Waals surface area contributed by atoms with Crippen LogP contribution in [-0.4, -0.2) is 41.0 Å². The number of carbonyl (C=O) groups excluding carboxylic acids is 2. The van der Waals surface area contributed by atoms with E-state index >= 15 is 0 Å².